The van der Waals surface area contributed by atoms with Crippen LogP contribution in [0.25, 0.3) is 0 Å². The van der Waals surface area contributed by atoms with E-state index >= 15 is 0 Å². The third-order valence-electron chi connectivity index (χ3n) is 4.13. The van der Waals surface area contributed by atoms with Crippen molar-refractivity contribution in [2.24, 2.45) is 0 Å². The third-order valence-corrected chi connectivity index (χ3v) is 5.89. The lowest BCUT2D eigenvalue weighted by molar-refractivity contribution is -0.137. The van der Waals surface area contributed by atoms with Crippen LogP contribution in [0.3, 0.4) is 0 Å². The number of carbonyl (C=O) groups excluding carboxylic acids is 1. The van der Waals surface area contributed by atoms with Gasteiger partial charge in [0.05, 0.1) is 21.3 Å². The molecule has 0 heterocycles. The largest absolute Gasteiger partial charge is 0.456 e. The van der Waals surface area contributed by atoms with Crippen molar-refractivity contribution in [3.63, 3.8) is 0 Å². The molecule has 3 rings (SSSR count). The van der Waals surface area contributed by atoms with Gasteiger partial charge in [-0.3, -0.25) is 4.55 Å². The number of carbonyl (C=O) groups is 1. The Bertz CT molecular complexity index is 1350. The van der Waals surface area contributed by atoms with Gasteiger partial charge in [-0.15, -0.1) is 0 Å². The summed E-state index contributed by atoms with van der Waals surface area (Å²) in [5.41, 5.74) is -2.15. The van der Waals surface area contributed by atoms with E-state index in [4.69, 9.17) is 39.5 Å². The number of nitrogens with one attached hydrogen (secondary N) is 2. The summed E-state index contributed by atoms with van der Waals surface area (Å²) in [6.45, 7) is 0. The number of benzene rings is 3. The summed E-state index contributed by atoms with van der Waals surface area (Å²) < 4.78 is 77.5. The van der Waals surface area contributed by atoms with Crippen molar-refractivity contribution in [3.05, 3.63) is 75.2 Å². The molecule has 3 aromatic carbocycles. The minimum absolute atomic E-state index is 0.0808. The van der Waals surface area contributed by atoms with Gasteiger partial charge in [-0.1, -0.05) is 34.8 Å². The molecule has 34 heavy (non-hydrogen) atoms. The van der Waals surface area contributed by atoms with Gasteiger partial charge in [0.1, 0.15) is 16.4 Å². The maximum atomic E-state index is 13.1. The van der Waals surface area contributed by atoms with Crippen molar-refractivity contribution < 1.29 is 35.7 Å². The smallest absolute Gasteiger partial charge is 0.417 e. The van der Waals surface area contributed by atoms with E-state index in [1.807, 2.05) is 5.32 Å². The molecule has 0 aliphatic carbocycles. The van der Waals surface area contributed by atoms with E-state index in [0.29, 0.717) is 22.9 Å². The number of halogens is 6. The van der Waals surface area contributed by atoms with Gasteiger partial charge in [0.25, 0.3) is 10.1 Å². The first-order valence-corrected chi connectivity index (χ1v) is 11.5. The lowest BCUT2D eigenvalue weighted by atomic mass is 10.2. The Morgan fingerprint density at radius 1 is 0.912 bits per heavy atom. The first kappa shape index (κ1) is 25.9. The van der Waals surface area contributed by atoms with Crippen molar-refractivity contribution in [3.8, 4) is 11.5 Å². The molecule has 2 amide bonds. The Morgan fingerprint density at radius 3 is 2.12 bits per heavy atom. The van der Waals surface area contributed by atoms with Crippen LogP contribution in [-0.4, -0.2) is 19.0 Å². The minimum atomic E-state index is -5.02. The molecule has 14 heteroatoms. The predicted molar refractivity (Wildman–Crippen MR) is 122 cm³/mol. The highest BCUT2D eigenvalue weighted by atomic mass is 35.5. The maximum absolute atomic E-state index is 13.1. The van der Waals surface area contributed by atoms with Crippen LogP contribution in [-0.2, 0) is 16.3 Å². The van der Waals surface area contributed by atoms with Crippen LogP contribution in [0.1, 0.15) is 5.56 Å². The fourth-order valence-corrected chi connectivity index (χ4v) is 3.99. The Labute approximate surface area is 206 Å². The summed E-state index contributed by atoms with van der Waals surface area (Å²) >= 11 is 17.5. The fraction of sp³-hybridized carbons (Fsp3) is 0.0500. The number of amides is 2. The van der Waals surface area contributed by atoms with E-state index in [9.17, 15) is 30.9 Å². The van der Waals surface area contributed by atoms with Crippen molar-refractivity contribution in [1.29, 1.82) is 0 Å². The van der Waals surface area contributed by atoms with Crippen LogP contribution in [0.5, 0.6) is 11.5 Å². The van der Waals surface area contributed by atoms with Gasteiger partial charge < -0.3 is 15.4 Å². The van der Waals surface area contributed by atoms with E-state index < -0.39 is 43.5 Å². The van der Waals surface area contributed by atoms with Gasteiger partial charge >= 0.3 is 12.2 Å². The third kappa shape index (κ3) is 6.45. The normalized spacial score (nSPS) is 11.7. The molecular weight excluding hydrogens is 544 g/mol. The average molecular weight is 556 g/mol. The van der Waals surface area contributed by atoms with Crippen LogP contribution >= 0.6 is 34.8 Å². The topological polar surface area (TPSA) is 105 Å². The van der Waals surface area contributed by atoms with E-state index in [0.717, 1.165) is 0 Å². The highest BCUT2D eigenvalue weighted by Crippen LogP contribution is 2.39. The van der Waals surface area contributed by atoms with E-state index in [1.54, 1.807) is 24.3 Å². The van der Waals surface area contributed by atoms with Gasteiger partial charge in [-0.2, -0.15) is 21.6 Å². The van der Waals surface area contributed by atoms with Gasteiger partial charge in [0.15, 0.2) is 0 Å². The standard InChI is InChI=1S/C20H12Cl3F3N2O5S/c21-10-1-4-12(5-2-10)33-17-6-3-11(7-15(17)23)27-19(29)28-16-8-13(20(24,25)26)14(22)9-18(16)34(30,31)32/h1-9H,(H2,27,28,29)(H,30,31,32). The quantitative estimate of drug-likeness (QED) is 0.286. The molecule has 0 saturated heterocycles. The van der Waals surface area contributed by atoms with E-state index in [2.05, 4.69) is 5.32 Å². The Kier molecular flexibility index (Phi) is 7.53. The minimum Gasteiger partial charge on any atom is -0.456 e. The summed E-state index contributed by atoms with van der Waals surface area (Å²) in [7, 11) is -5.02. The molecule has 0 aromatic heterocycles. The summed E-state index contributed by atoms with van der Waals surface area (Å²) in [5, 5.41) is 3.84. The SMILES string of the molecule is O=C(Nc1ccc(Oc2ccc(Cl)cc2)c(Cl)c1)Nc1cc(C(F)(F)F)c(Cl)cc1S(=O)(=O)O. The Hall–Kier alpha value is -2.70. The Balaban J connectivity index is 1.81. The summed E-state index contributed by atoms with van der Waals surface area (Å²) in [4.78, 5) is 11.3. The molecule has 0 radical (unpaired) electrons. The van der Waals surface area contributed by atoms with Gasteiger partial charge in [-0.05, 0) is 54.6 Å². The van der Waals surface area contributed by atoms with Crippen LogP contribution in [0.4, 0.5) is 29.3 Å². The first-order valence-electron chi connectivity index (χ1n) is 8.93. The van der Waals surface area contributed by atoms with Crippen LogP contribution in [0, 0.1) is 0 Å². The van der Waals surface area contributed by atoms with Crippen molar-refractivity contribution in [1.82, 2.24) is 0 Å². The van der Waals surface area contributed by atoms with E-state index in [1.165, 1.54) is 18.2 Å². The zero-order valence-corrected chi connectivity index (χ0v) is 19.5. The van der Waals surface area contributed by atoms with Gasteiger partial charge in [0.2, 0.25) is 0 Å². The monoisotopic (exact) mass is 554 g/mol. The van der Waals surface area contributed by atoms with Crippen molar-refractivity contribution >= 4 is 62.3 Å². The highest BCUT2D eigenvalue weighted by molar-refractivity contribution is 7.86. The van der Waals surface area contributed by atoms with Gasteiger partial charge in [0, 0.05) is 10.7 Å². The van der Waals surface area contributed by atoms with Crippen molar-refractivity contribution in [2.45, 2.75) is 11.1 Å². The highest BCUT2D eigenvalue weighted by Gasteiger charge is 2.35. The first-order chi connectivity index (χ1) is 15.7. The molecule has 0 fully saturated rings. The molecule has 0 bridgehead atoms. The molecule has 7 nitrogen and oxygen atoms in total. The number of rotatable bonds is 5. The number of alkyl halides is 3. The molecule has 0 unspecified atom stereocenters. The van der Waals surface area contributed by atoms with Crippen LogP contribution in [0.15, 0.2) is 59.5 Å². The number of hydrogen-bond donors (Lipinski definition) is 3. The average Bonchev–Trinajstić information content (AvgIpc) is 2.71. The number of ether oxygens (including phenoxy) is 1. The summed E-state index contributed by atoms with van der Waals surface area (Å²) in [5.74, 6) is 0.668. The molecule has 0 saturated carbocycles. The molecule has 3 aromatic rings. The molecule has 180 valence electrons. The molecule has 0 aliphatic heterocycles. The molecule has 0 spiro atoms. The number of hydrogen-bond acceptors (Lipinski definition) is 4. The zero-order chi connectivity index (χ0) is 25.3. The summed E-state index contributed by atoms with van der Waals surface area (Å²) in [6.07, 6.45) is -4.95. The fourth-order valence-electron chi connectivity index (χ4n) is 2.66. The van der Waals surface area contributed by atoms with Gasteiger partial charge in [-0.25, -0.2) is 4.79 Å². The van der Waals surface area contributed by atoms with Crippen LogP contribution < -0.4 is 15.4 Å². The van der Waals surface area contributed by atoms with Crippen molar-refractivity contribution in [2.75, 3.05) is 10.6 Å². The molecular formula is C20H12Cl3F3N2O5S. The lowest BCUT2D eigenvalue weighted by Crippen LogP contribution is -2.21. The molecule has 0 atom stereocenters. The zero-order valence-electron chi connectivity index (χ0n) is 16.5. The Morgan fingerprint density at radius 2 is 1.56 bits per heavy atom. The second kappa shape index (κ2) is 9.88. The van der Waals surface area contributed by atoms with Crippen LogP contribution in [0.2, 0.25) is 15.1 Å². The summed E-state index contributed by atoms with van der Waals surface area (Å²) in [6, 6.07) is 10.1. The molecule has 0 aliphatic rings. The predicted octanol–water partition coefficient (Wildman–Crippen LogP) is 7.35. The number of urea groups is 1. The lowest BCUT2D eigenvalue weighted by Gasteiger charge is -2.15. The second-order valence-electron chi connectivity index (χ2n) is 6.58. The maximum Gasteiger partial charge on any atom is 0.417 e. The second-order valence-corrected chi connectivity index (χ2v) is 9.22. The molecule has 3 N–H and O–H groups in total. The number of anilines is 2. The van der Waals surface area contributed by atoms with E-state index in [-0.39, 0.29) is 16.5 Å².